The quantitative estimate of drug-likeness (QED) is 0.881. The van der Waals surface area contributed by atoms with Crippen LogP contribution >= 0.6 is 0 Å². The fraction of sp³-hybridized carbons (Fsp3) is 0.579. The van der Waals surface area contributed by atoms with Crippen LogP contribution in [0.4, 0.5) is 4.79 Å². The molecule has 0 aliphatic carbocycles. The fourth-order valence-corrected chi connectivity index (χ4v) is 3.15. The summed E-state index contributed by atoms with van der Waals surface area (Å²) >= 11 is 0. The zero-order valence-electron chi connectivity index (χ0n) is 15.4. The minimum Gasteiger partial charge on any atom is -0.494 e. The maximum absolute atomic E-state index is 12.5. The van der Waals surface area contributed by atoms with Crippen molar-refractivity contribution in [2.24, 2.45) is 0 Å². The van der Waals surface area contributed by atoms with Crippen LogP contribution in [0.3, 0.4) is 0 Å². The normalized spacial score (nSPS) is 20.4. The van der Waals surface area contributed by atoms with E-state index < -0.39 is 23.2 Å². The van der Waals surface area contributed by atoms with Gasteiger partial charge in [0.15, 0.2) is 0 Å². The summed E-state index contributed by atoms with van der Waals surface area (Å²) in [6.45, 7) is 8.19. The lowest BCUT2D eigenvalue weighted by Crippen LogP contribution is -2.55. The van der Waals surface area contributed by atoms with Gasteiger partial charge in [0.1, 0.15) is 16.9 Å². The van der Waals surface area contributed by atoms with Crippen LogP contribution in [0.1, 0.15) is 46.1 Å². The molecule has 1 fully saturated rings. The lowest BCUT2D eigenvalue weighted by atomic mass is 9.88. The molecule has 1 heterocycles. The molecule has 1 amide bonds. The zero-order chi connectivity index (χ0) is 18.7. The van der Waals surface area contributed by atoms with Gasteiger partial charge in [-0.25, -0.2) is 9.59 Å². The van der Waals surface area contributed by atoms with E-state index in [2.05, 4.69) is 0 Å². The van der Waals surface area contributed by atoms with Gasteiger partial charge in [0.25, 0.3) is 0 Å². The number of carbonyl (C=O) groups is 2. The summed E-state index contributed by atoms with van der Waals surface area (Å²) in [4.78, 5) is 26.0. The second kappa shape index (κ2) is 7.33. The molecule has 0 radical (unpaired) electrons. The van der Waals surface area contributed by atoms with E-state index in [0.29, 0.717) is 26.0 Å². The first-order valence-electron chi connectivity index (χ1n) is 8.64. The molecule has 0 aromatic heterocycles. The largest absolute Gasteiger partial charge is 0.494 e. The van der Waals surface area contributed by atoms with E-state index in [-0.39, 0.29) is 6.42 Å². The molecule has 0 unspecified atom stereocenters. The Labute approximate surface area is 148 Å². The van der Waals surface area contributed by atoms with E-state index in [1.165, 1.54) is 4.90 Å². The van der Waals surface area contributed by atoms with Gasteiger partial charge in [0, 0.05) is 13.0 Å². The van der Waals surface area contributed by atoms with Gasteiger partial charge in [0.2, 0.25) is 0 Å². The van der Waals surface area contributed by atoms with Crippen molar-refractivity contribution in [1.82, 2.24) is 4.90 Å². The topological polar surface area (TPSA) is 76.1 Å². The first-order chi connectivity index (χ1) is 11.7. The number of benzene rings is 1. The van der Waals surface area contributed by atoms with Crippen LogP contribution in [0.25, 0.3) is 0 Å². The summed E-state index contributed by atoms with van der Waals surface area (Å²) in [5.74, 6) is -0.254. The molecule has 1 saturated heterocycles. The minimum atomic E-state index is -1.27. The first kappa shape index (κ1) is 19.1. The predicted octanol–water partition coefficient (Wildman–Crippen LogP) is 3.48. The molecule has 1 aromatic rings. The molecule has 6 heteroatoms. The maximum Gasteiger partial charge on any atom is 0.411 e. The molecule has 0 spiro atoms. The van der Waals surface area contributed by atoms with Gasteiger partial charge in [-0.1, -0.05) is 12.1 Å². The fourth-order valence-electron chi connectivity index (χ4n) is 3.15. The van der Waals surface area contributed by atoms with Crippen LogP contribution in [-0.4, -0.2) is 46.4 Å². The molecule has 1 N–H and O–H groups in total. The molecule has 138 valence electrons. The monoisotopic (exact) mass is 349 g/mol. The Morgan fingerprint density at radius 2 is 1.88 bits per heavy atom. The summed E-state index contributed by atoms with van der Waals surface area (Å²) in [5.41, 5.74) is -1.08. The van der Waals surface area contributed by atoms with Crippen molar-refractivity contribution in [2.75, 3.05) is 13.2 Å². The molecular weight excluding hydrogens is 322 g/mol. The van der Waals surface area contributed by atoms with Gasteiger partial charge >= 0.3 is 12.1 Å². The molecule has 1 atom stereocenters. The molecular formula is C19H27NO5. The van der Waals surface area contributed by atoms with Gasteiger partial charge in [-0.3, -0.25) is 4.90 Å². The number of ether oxygens (including phenoxy) is 2. The number of hydrogen-bond acceptors (Lipinski definition) is 4. The highest BCUT2D eigenvalue weighted by Gasteiger charge is 2.51. The summed E-state index contributed by atoms with van der Waals surface area (Å²) < 4.78 is 10.8. The molecule has 2 rings (SSSR count). The number of carbonyl (C=O) groups excluding carboxylic acids is 1. The van der Waals surface area contributed by atoms with Crippen LogP contribution in [0.15, 0.2) is 24.3 Å². The Kier molecular flexibility index (Phi) is 5.60. The summed E-state index contributed by atoms with van der Waals surface area (Å²) in [5, 5.41) is 9.91. The number of carboxylic acids is 1. The summed E-state index contributed by atoms with van der Waals surface area (Å²) in [7, 11) is 0. The van der Waals surface area contributed by atoms with Crippen molar-refractivity contribution in [1.29, 1.82) is 0 Å². The predicted molar refractivity (Wildman–Crippen MR) is 93.9 cm³/mol. The van der Waals surface area contributed by atoms with Crippen molar-refractivity contribution in [3.8, 4) is 5.75 Å². The average molecular weight is 349 g/mol. The van der Waals surface area contributed by atoms with Crippen LogP contribution in [0.5, 0.6) is 5.75 Å². The van der Waals surface area contributed by atoms with Crippen molar-refractivity contribution in [3.05, 3.63) is 29.8 Å². The van der Waals surface area contributed by atoms with Crippen LogP contribution < -0.4 is 4.74 Å². The number of likely N-dealkylation sites (tertiary alicyclic amines) is 1. The SMILES string of the molecule is CCOc1ccc(C[C@]2(C(=O)O)CCCN2C(=O)OC(C)(C)C)cc1. The van der Waals surface area contributed by atoms with E-state index in [4.69, 9.17) is 9.47 Å². The van der Waals surface area contributed by atoms with E-state index in [9.17, 15) is 14.7 Å². The lowest BCUT2D eigenvalue weighted by molar-refractivity contribution is -0.149. The van der Waals surface area contributed by atoms with Gasteiger partial charge in [-0.05, 0) is 58.2 Å². The molecule has 6 nitrogen and oxygen atoms in total. The number of rotatable bonds is 5. The standard InChI is InChI=1S/C19H27NO5/c1-5-24-15-9-7-14(8-10-15)13-19(16(21)22)11-6-12-20(19)17(23)25-18(2,3)4/h7-10H,5-6,11-13H2,1-4H3,(H,21,22)/t19-/m0/s1. The second-order valence-electron chi connectivity index (χ2n) is 7.33. The number of carboxylic acid groups (broad SMARTS) is 1. The van der Waals surface area contributed by atoms with Crippen LogP contribution in [0, 0.1) is 0 Å². The van der Waals surface area contributed by atoms with Crippen molar-refractivity contribution in [2.45, 2.75) is 58.1 Å². The third-order valence-electron chi connectivity index (χ3n) is 4.23. The minimum absolute atomic E-state index is 0.244. The Balaban J connectivity index is 2.24. The van der Waals surface area contributed by atoms with Crippen molar-refractivity contribution < 1.29 is 24.2 Å². The van der Waals surface area contributed by atoms with Crippen molar-refractivity contribution >= 4 is 12.1 Å². The van der Waals surface area contributed by atoms with Crippen molar-refractivity contribution in [3.63, 3.8) is 0 Å². The zero-order valence-corrected chi connectivity index (χ0v) is 15.4. The van der Waals surface area contributed by atoms with E-state index in [1.807, 2.05) is 31.2 Å². The second-order valence-corrected chi connectivity index (χ2v) is 7.33. The van der Waals surface area contributed by atoms with Crippen LogP contribution in [0.2, 0.25) is 0 Å². The van der Waals surface area contributed by atoms with Gasteiger partial charge in [-0.2, -0.15) is 0 Å². The average Bonchev–Trinajstić information content (AvgIpc) is 2.93. The number of amides is 1. The highest BCUT2D eigenvalue weighted by Crippen LogP contribution is 2.35. The Hall–Kier alpha value is -2.24. The number of nitrogens with zero attached hydrogens (tertiary/aromatic N) is 1. The summed E-state index contributed by atoms with van der Waals surface area (Å²) in [6, 6.07) is 7.34. The molecule has 1 aliphatic rings. The molecule has 1 aromatic carbocycles. The third-order valence-corrected chi connectivity index (χ3v) is 4.23. The Morgan fingerprint density at radius 3 is 2.40 bits per heavy atom. The third kappa shape index (κ3) is 4.44. The van der Waals surface area contributed by atoms with Gasteiger partial charge < -0.3 is 14.6 Å². The maximum atomic E-state index is 12.5. The lowest BCUT2D eigenvalue weighted by Gasteiger charge is -2.36. The molecule has 1 aliphatic heterocycles. The Bertz CT molecular complexity index is 620. The van der Waals surface area contributed by atoms with Crippen LogP contribution in [-0.2, 0) is 16.0 Å². The van der Waals surface area contributed by atoms with E-state index in [1.54, 1.807) is 20.8 Å². The van der Waals surface area contributed by atoms with Gasteiger partial charge in [0.05, 0.1) is 6.61 Å². The van der Waals surface area contributed by atoms with E-state index >= 15 is 0 Å². The molecule has 25 heavy (non-hydrogen) atoms. The summed E-state index contributed by atoms with van der Waals surface area (Å²) in [6.07, 6.45) is 0.726. The highest BCUT2D eigenvalue weighted by molar-refractivity contribution is 5.85. The molecule has 0 saturated carbocycles. The number of hydrogen-bond donors (Lipinski definition) is 1. The van der Waals surface area contributed by atoms with E-state index in [0.717, 1.165) is 11.3 Å². The Morgan fingerprint density at radius 1 is 1.24 bits per heavy atom. The molecule has 0 bridgehead atoms. The van der Waals surface area contributed by atoms with Gasteiger partial charge in [-0.15, -0.1) is 0 Å². The highest BCUT2D eigenvalue weighted by atomic mass is 16.6. The smallest absolute Gasteiger partial charge is 0.411 e. The first-order valence-corrected chi connectivity index (χ1v) is 8.64. The number of aliphatic carboxylic acids is 1.